The molecule has 0 atom stereocenters. The molecule has 0 spiro atoms. The van der Waals surface area contributed by atoms with Gasteiger partial charge in [0.25, 0.3) is 0 Å². The molecule has 102 valence electrons. The molecule has 3 nitrogen and oxygen atoms in total. The zero-order chi connectivity index (χ0) is 14.4. The molecule has 0 bridgehead atoms. The Hall–Kier alpha value is -2.38. The van der Waals surface area contributed by atoms with Gasteiger partial charge in [0, 0.05) is 6.20 Å². The van der Waals surface area contributed by atoms with Crippen molar-refractivity contribution < 1.29 is 9.13 Å². The van der Waals surface area contributed by atoms with Gasteiger partial charge in [-0.25, -0.2) is 4.39 Å². The molecule has 1 aromatic heterocycles. The van der Waals surface area contributed by atoms with Crippen LogP contribution in [0.15, 0.2) is 36.5 Å². The summed E-state index contributed by atoms with van der Waals surface area (Å²) in [5.74, 6) is 5.67. The molecular formula is C16H15FN2O. The maximum Gasteiger partial charge on any atom is 0.135 e. The van der Waals surface area contributed by atoms with Gasteiger partial charge in [-0.1, -0.05) is 17.9 Å². The van der Waals surface area contributed by atoms with E-state index in [0.717, 1.165) is 11.3 Å². The maximum atomic E-state index is 13.2. The Balaban J connectivity index is 2.19. The van der Waals surface area contributed by atoms with Crippen molar-refractivity contribution in [3.8, 4) is 17.6 Å². The molecule has 2 aromatic rings. The lowest BCUT2D eigenvalue weighted by Gasteiger charge is -2.09. The average Bonchev–Trinajstić information content (AvgIpc) is 2.45. The fourth-order valence-corrected chi connectivity index (χ4v) is 1.69. The summed E-state index contributed by atoms with van der Waals surface area (Å²) >= 11 is 0. The lowest BCUT2D eigenvalue weighted by atomic mass is 10.2. The lowest BCUT2D eigenvalue weighted by Crippen LogP contribution is -2.02. The van der Waals surface area contributed by atoms with Crippen molar-refractivity contribution >= 4 is 0 Å². The first-order valence-corrected chi connectivity index (χ1v) is 6.22. The predicted octanol–water partition coefficient (Wildman–Crippen LogP) is 2.42. The molecule has 0 saturated heterocycles. The molecule has 0 amide bonds. The molecule has 20 heavy (non-hydrogen) atoms. The molecule has 0 radical (unpaired) electrons. The number of aromatic nitrogens is 1. The van der Waals surface area contributed by atoms with Crippen molar-refractivity contribution in [1.82, 2.24) is 4.98 Å². The number of aryl methyl sites for hydroxylation is 1. The van der Waals surface area contributed by atoms with Crippen LogP contribution < -0.4 is 10.5 Å². The van der Waals surface area contributed by atoms with Gasteiger partial charge in [-0.3, -0.25) is 4.98 Å². The van der Waals surface area contributed by atoms with E-state index in [9.17, 15) is 4.39 Å². The number of nitrogens with two attached hydrogens (primary N) is 1. The summed E-state index contributed by atoms with van der Waals surface area (Å²) in [4.78, 5) is 4.25. The number of nitrogens with zero attached hydrogens (tertiary/aromatic N) is 1. The number of benzene rings is 1. The second kappa shape index (κ2) is 6.69. The zero-order valence-electron chi connectivity index (χ0n) is 11.2. The van der Waals surface area contributed by atoms with Crippen LogP contribution >= 0.6 is 0 Å². The summed E-state index contributed by atoms with van der Waals surface area (Å²) in [5, 5.41) is 0. The van der Waals surface area contributed by atoms with Crippen molar-refractivity contribution in [3.05, 3.63) is 59.2 Å². The van der Waals surface area contributed by atoms with E-state index >= 15 is 0 Å². The van der Waals surface area contributed by atoms with E-state index in [4.69, 9.17) is 10.5 Å². The van der Waals surface area contributed by atoms with Gasteiger partial charge in [-0.05, 0) is 36.8 Å². The topological polar surface area (TPSA) is 48.1 Å². The van der Waals surface area contributed by atoms with Gasteiger partial charge in [-0.2, -0.15) is 0 Å². The van der Waals surface area contributed by atoms with Gasteiger partial charge < -0.3 is 10.5 Å². The molecule has 4 heteroatoms. The number of halogens is 1. The average molecular weight is 270 g/mol. The Kier molecular flexibility index (Phi) is 4.70. The molecule has 0 aliphatic rings. The van der Waals surface area contributed by atoms with E-state index in [2.05, 4.69) is 16.8 Å². The molecule has 0 saturated carbocycles. The van der Waals surface area contributed by atoms with Crippen LogP contribution in [0.4, 0.5) is 4.39 Å². The predicted molar refractivity (Wildman–Crippen MR) is 75.6 cm³/mol. The summed E-state index contributed by atoms with van der Waals surface area (Å²) in [6.45, 7) is 2.50. The van der Waals surface area contributed by atoms with Crippen molar-refractivity contribution in [2.75, 3.05) is 6.54 Å². The van der Waals surface area contributed by atoms with Crippen molar-refractivity contribution in [1.29, 1.82) is 0 Å². The standard InChI is InChI=1S/C16H15FN2O/c1-12-4-3-9-19-15(12)11-20-16-7-6-14(17)10-13(16)5-2-8-18/h3-4,6-7,9-10H,8,11,18H2,1H3. The fourth-order valence-electron chi connectivity index (χ4n) is 1.69. The number of hydrogen-bond acceptors (Lipinski definition) is 3. The second-order valence-corrected chi connectivity index (χ2v) is 4.20. The summed E-state index contributed by atoms with van der Waals surface area (Å²) < 4.78 is 18.9. The van der Waals surface area contributed by atoms with Gasteiger partial charge in [0.05, 0.1) is 17.8 Å². The van der Waals surface area contributed by atoms with Crippen LogP contribution in [0.1, 0.15) is 16.8 Å². The molecule has 2 rings (SSSR count). The highest BCUT2D eigenvalue weighted by molar-refractivity contribution is 5.46. The summed E-state index contributed by atoms with van der Waals surface area (Å²) in [5.41, 5.74) is 7.71. The van der Waals surface area contributed by atoms with Crippen LogP contribution in [0.3, 0.4) is 0 Å². The molecule has 1 aromatic carbocycles. The van der Waals surface area contributed by atoms with Gasteiger partial charge in [-0.15, -0.1) is 0 Å². The number of rotatable bonds is 3. The van der Waals surface area contributed by atoms with Gasteiger partial charge in [0.2, 0.25) is 0 Å². The quantitative estimate of drug-likeness (QED) is 0.871. The minimum atomic E-state index is -0.354. The smallest absolute Gasteiger partial charge is 0.135 e. The monoisotopic (exact) mass is 270 g/mol. The Morgan fingerprint density at radius 3 is 2.95 bits per heavy atom. The van der Waals surface area contributed by atoms with Crippen molar-refractivity contribution in [2.24, 2.45) is 5.73 Å². The third-order valence-electron chi connectivity index (χ3n) is 2.75. The first kappa shape index (κ1) is 14.0. The van der Waals surface area contributed by atoms with E-state index in [1.165, 1.54) is 12.1 Å². The summed E-state index contributed by atoms with van der Waals surface area (Å²) in [6, 6.07) is 8.08. The minimum absolute atomic E-state index is 0.218. The van der Waals surface area contributed by atoms with Gasteiger partial charge in [0.15, 0.2) is 0 Å². The Morgan fingerprint density at radius 1 is 1.35 bits per heavy atom. The highest BCUT2D eigenvalue weighted by Crippen LogP contribution is 2.20. The first-order chi connectivity index (χ1) is 9.70. The molecule has 2 N–H and O–H groups in total. The fraction of sp³-hybridized carbons (Fsp3) is 0.188. The third kappa shape index (κ3) is 3.56. The third-order valence-corrected chi connectivity index (χ3v) is 2.75. The summed E-state index contributed by atoms with van der Waals surface area (Å²) in [6.07, 6.45) is 1.71. The van der Waals surface area contributed by atoms with Crippen LogP contribution in [0.5, 0.6) is 5.75 Å². The van der Waals surface area contributed by atoms with Crippen molar-refractivity contribution in [2.45, 2.75) is 13.5 Å². The molecular weight excluding hydrogens is 255 g/mol. The van der Waals surface area contributed by atoms with Crippen molar-refractivity contribution in [3.63, 3.8) is 0 Å². The van der Waals surface area contributed by atoms with Crippen LogP contribution in [0.25, 0.3) is 0 Å². The summed E-state index contributed by atoms with van der Waals surface area (Å²) in [7, 11) is 0. The van der Waals surface area contributed by atoms with E-state index in [-0.39, 0.29) is 12.4 Å². The largest absolute Gasteiger partial charge is 0.486 e. The molecule has 0 aliphatic carbocycles. The second-order valence-electron chi connectivity index (χ2n) is 4.20. The number of pyridine rings is 1. The SMILES string of the molecule is Cc1cccnc1COc1ccc(F)cc1C#CCN. The highest BCUT2D eigenvalue weighted by Gasteiger charge is 2.05. The normalized spacial score (nSPS) is 9.75. The molecule has 0 fully saturated rings. The van der Waals surface area contributed by atoms with E-state index < -0.39 is 0 Å². The number of hydrogen-bond donors (Lipinski definition) is 1. The van der Waals surface area contributed by atoms with E-state index in [0.29, 0.717) is 17.9 Å². The van der Waals surface area contributed by atoms with Crippen LogP contribution in [0, 0.1) is 24.6 Å². The minimum Gasteiger partial charge on any atom is -0.486 e. The van der Waals surface area contributed by atoms with Crippen LogP contribution in [0.2, 0.25) is 0 Å². The highest BCUT2D eigenvalue weighted by atomic mass is 19.1. The Morgan fingerprint density at radius 2 is 2.20 bits per heavy atom. The van der Waals surface area contributed by atoms with Gasteiger partial charge in [0.1, 0.15) is 18.2 Å². The molecule has 0 unspecified atom stereocenters. The lowest BCUT2D eigenvalue weighted by molar-refractivity contribution is 0.299. The Labute approximate surface area is 117 Å². The molecule has 1 heterocycles. The molecule has 0 aliphatic heterocycles. The van der Waals surface area contributed by atoms with E-state index in [1.807, 2.05) is 19.1 Å². The zero-order valence-corrected chi connectivity index (χ0v) is 11.2. The van der Waals surface area contributed by atoms with Crippen LogP contribution in [-0.4, -0.2) is 11.5 Å². The van der Waals surface area contributed by atoms with E-state index in [1.54, 1.807) is 12.3 Å². The number of ether oxygens (including phenoxy) is 1. The first-order valence-electron chi connectivity index (χ1n) is 6.22. The van der Waals surface area contributed by atoms with Gasteiger partial charge >= 0.3 is 0 Å². The van der Waals surface area contributed by atoms with Crippen LogP contribution in [-0.2, 0) is 6.61 Å². The maximum absolute atomic E-state index is 13.2. The Bertz CT molecular complexity index is 659.